The van der Waals surface area contributed by atoms with Crippen LogP contribution in [0.4, 0.5) is 10.1 Å². The monoisotopic (exact) mass is 438 g/mol. The number of esters is 1. The average Bonchev–Trinajstić information content (AvgIpc) is 3.10. The molecule has 9 heteroatoms. The van der Waals surface area contributed by atoms with Crippen molar-refractivity contribution in [3.05, 3.63) is 65.0 Å². The van der Waals surface area contributed by atoms with Crippen molar-refractivity contribution < 1.29 is 23.5 Å². The van der Waals surface area contributed by atoms with E-state index in [1.54, 1.807) is 24.3 Å². The van der Waals surface area contributed by atoms with Gasteiger partial charge in [0, 0.05) is 24.1 Å². The molecule has 0 radical (unpaired) electrons. The molecule has 0 fully saturated rings. The highest BCUT2D eigenvalue weighted by atomic mass is 19.1. The van der Waals surface area contributed by atoms with Gasteiger partial charge in [0.2, 0.25) is 0 Å². The molecule has 0 spiro atoms. The fraction of sp³-hybridized carbons (Fsp3) is 0.261. The van der Waals surface area contributed by atoms with Crippen LogP contribution in [0.3, 0.4) is 0 Å². The Balaban J connectivity index is 1.50. The van der Waals surface area contributed by atoms with Crippen LogP contribution in [0.25, 0.3) is 0 Å². The predicted octanol–water partition coefficient (Wildman–Crippen LogP) is 3.06. The lowest BCUT2D eigenvalue weighted by Gasteiger charge is -2.05. The van der Waals surface area contributed by atoms with Gasteiger partial charge in [-0.15, -0.1) is 5.10 Å². The number of nitrogens with zero attached hydrogens (tertiary/aromatic N) is 2. The van der Waals surface area contributed by atoms with Gasteiger partial charge in [0.25, 0.3) is 11.8 Å². The number of halogens is 1. The number of methoxy groups -OCH3 is 1. The third-order valence-electron chi connectivity index (χ3n) is 4.81. The molecule has 0 aliphatic carbocycles. The molecule has 2 N–H and O–H groups in total. The molecule has 1 aliphatic heterocycles. The van der Waals surface area contributed by atoms with E-state index in [9.17, 15) is 18.8 Å². The van der Waals surface area contributed by atoms with Crippen LogP contribution in [0.2, 0.25) is 0 Å². The fourth-order valence-electron chi connectivity index (χ4n) is 3.08. The topological polar surface area (TPSA) is 109 Å². The number of rotatable bonds is 9. The maximum atomic E-state index is 13.4. The summed E-state index contributed by atoms with van der Waals surface area (Å²) in [6.45, 7) is 0.519. The summed E-state index contributed by atoms with van der Waals surface area (Å²) >= 11 is 0. The molecule has 0 aromatic heterocycles. The van der Waals surface area contributed by atoms with Crippen LogP contribution >= 0.6 is 0 Å². The SMILES string of the molecule is COC(=O)CCCCCNC(=O)c1ccc(/C=N/N=C2\C(=O)Nc3ccc(F)cc32)cc1. The fourth-order valence-corrected chi connectivity index (χ4v) is 3.08. The van der Waals surface area contributed by atoms with Crippen LogP contribution in [0.1, 0.15) is 47.2 Å². The second-order valence-electron chi connectivity index (χ2n) is 7.10. The van der Waals surface area contributed by atoms with Gasteiger partial charge in [0.15, 0.2) is 5.71 Å². The first-order valence-electron chi connectivity index (χ1n) is 10.2. The lowest BCUT2D eigenvalue weighted by molar-refractivity contribution is -0.140. The number of anilines is 1. The van der Waals surface area contributed by atoms with Gasteiger partial charge in [-0.05, 0) is 48.7 Å². The van der Waals surface area contributed by atoms with Gasteiger partial charge < -0.3 is 15.4 Å². The molecule has 0 atom stereocenters. The number of ether oxygens (including phenoxy) is 1. The molecule has 3 rings (SSSR count). The standard InChI is InChI=1S/C23H23FN4O4/c1-32-20(29)5-3-2-4-12-25-22(30)16-8-6-15(7-9-16)14-26-28-21-18-13-17(24)10-11-19(18)27-23(21)31/h6-11,13-14H,2-5,12H2,1H3,(H,25,30)(H,27,28,31)/b26-14+. The lowest BCUT2D eigenvalue weighted by atomic mass is 10.1. The Hall–Kier alpha value is -3.88. The van der Waals surface area contributed by atoms with Crippen LogP contribution in [-0.2, 0) is 14.3 Å². The van der Waals surface area contributed by atoms with Crippen LogP contribution in [0, 0.1) is 5.82 Å². The molecule has 8 nitrogen and oxygen atoms in total. The molecule has 1 heterocycles. The lowest BCUT2D eigenvalue weighted by Crippen LogP contribution is -2.24. The maximum absolute atomic E-state index is 13.4. The Bertz CT molecular complexity index is 1060. The first kappa shape index (κ1) is 22.8. The van der Waals surface area contributed by atoms with Crippen LogP contribution in [0.15, 0.2) is 52.7 Å². The summed E-state index contributed by atoms with van der Waals surface area (Å²) < 4.78 is 18.0. The van der Waals surface area contributed by atoms with E-state index in [0.29, 0.717) is 35.3 Å². The molecular formula is C23H23FN4O4. The van der Waals surface area contributed by atoms with E-state index in [2.05, 4.69) is 25.6 Å². The Morgan fingerprint density at radius 3 is 2.66 bits per heavy atom. The second-order valence-corrected chi connectivity index (χ2v) is 7.10. The van der Waals surface area contributed by atoms with Crippen LogP contribution in [0.5, 0.6) is 0 Å². The van der Waals surface area contributed by atoms with Crippen LogP contribution in [-0.4, -0.2) is 43.4 Å². The van der Waals surface area contributed by atoms with Crippen molar-refractivity contribution >= 4 is 35.4 Å². The number of carbonyl (C=O) groups excluding carboxylic acids is 3. The summed E-state index contributed by atoms with van der Waals surface area (Å²) in [5, 5.41) is 13.3. The molecule has 0 unspecified atom stereocenters. The summed E-state index contributed by atoms with van der Waals surface area (Å²) in [6.07, 6.45) is 4.15. The molecule has 2 amide bonds. The Labute approximate surface area is 184 Å². The second kappa shape index (κ2) is 10.9. The average molecular weight is 438 g/mol. The van der Waals surface area contributed by atoms with Crippen molar-refractivity contribution in [2.75, 3.05) is 19.0 Å². The van der Waals surface area contributed by atoms with E-state index in [1.165, 1.54) is 31.5 Å². The maximum Gasteiger partial charge on any atom is 0.305 e. The first-order valence-corrected chi connectivity index (χ1v) is 10.2. The van der Waals surface area contributed by atoms with Crippen molar-refractivity contribution in [2.45, 2.75) is 25.7 Å². The van der Waals surface area contributed by atoms with Gasteiger partial charge in [0.1, 0.15) is 5.82 Å². The number of fused-ring (bicyclic) bond motifs is 1. The molecule has 2 aromatic rings. The van der Waals surface area contributed by atoms with Gasteiger partial charge in [-0.2, -0.15) is 5.10 Å². The zero-order valence-corrected chi connectivity index (χ0v) is 17.6. The quantitative estimate of drug-likeness (QED) is 0.271. The van der Waals surface area contributed by atoms with Crippen molar-refractivity contribution in [3.8, 4) is 0 Å². The van der Waals surface area contributed by atoms with E-state index in [1.807, 2.05) is 0 Å². The third kappa shape index (κ3) is 6.07. The van der Waals surface area contributed by atoms with Gasteiger partial charge in [-0.25, -0.2) is 4.39 Å². The molecule has 0 bridgehead atoms. The molecular weight excluding hydrogens is 415 g/mol. The largest absolute Gasteiger partial charge is 0.469 e. The highest BCUT2D eigenvalue weighted by Gasteiger charge is 2.26. The molecule has 0 saturated carbocycles. The van der Waals surface area contributed by atoms with Crippen molar-refractivity contribution in [1.29, 1.82) is 0 Å². The smallest absolute Gasteiger partial charge is 0.305 e. The number of hydrogen-bond acceptors (Lipinski definition) is 6. The van der Waals surface area contributed by atoms with Gasteiger partial charge in [-0.1, -0.05) is 18.6 Å². The molecule has 2 aromatic carbocycles. The van der Waals surface area contributed by atoms with Crippen molar-refractivity contribution in [1.82, 2.24) is 5.32 Å². The summed E-state index contributed by atoms with van der Waals surface area (Å²) in [5.74, 6) is -1.33. The zero-order valence-electron chi connectivity index (χ0n) is 17.6. The first-order chi connectivity index (χ1) is 15.5. The molecule has 1 aliphatic rings. The number of nitrogens with one attached hydrogen (secondary N) is 2. The zero-order chi connectivity index (χ0) is 22.9. The number of unbranched alkanes of at least 4 members (excludes halogenated alkanes) is 2. The Morgan fingerprint density at radius 1 is 1.12 bits per heavy atom. The Morgan fingerprint density at radius 2 is 1.91 bits per heavy atom. The number of benzene rings is 2. The van der Waals surface area contributed by atoms with Crippen molar-refractivity contribution in [2.24, 2.45) is 10.2 Å². The minimum atomic E-state index is -0.466. The Kier molecular flexibility index (Phi) is 7.80. The van der Waals surface area contributed by atoms with Crippen LogP contribution < -0.4 is 10.6 Å². The molecule has 32 heavy (non-hydrogen) atoms. The van der Waals surface area contributed by atoms with Gasteiger partial charge in [0.05, 0.1) is 19.0 Å². The minimum Gasteiger partial charge on any atom is -0.469 e. The molecule has 166 valence electrons. The summed E-state index contributed by atoms with van der Waals surface area (Å²) in [4.78, 5) is 35.2. The van der Waals surface area contributed by atoms with Gasteiger partial charge in [-0.3, -0.25) is 14.4 Å². The van der Waals surface area contributed by atoms with E-state index >= 15 is 0 Å². The number of carbonyl (C=O) groups is 3. The summed E-state index contributed by atoms with van der Waals surface area (Å²) in [5.41, 5.74) is 2.08. The van der Waals surface area contributed by atoms with E-state index in [0.717, 1.165) is 19.3 Å². The van der Waals surface area contributed by atoms with E-state index in [-0.39, 0.29) is 17.6 Å². The predicted molar refractivity (Wildman–Crippen MR) is 118 cm³/mol. The summed E-state index contributed by atoms with van der Waals surface area (Å²) in [7, 11) is 1.36. The van der Waals surface area contributed by atoms with E-state index in [4.69, 9.17) is 0 Å². The number of hydrogen-bond donors (Lipinski definition) is 2. The van der Waals surface area contributed by atoms with Gasteiger partial charge >= 0.3 is 5.97 Å². The van der Waals surface area contributed by atoms with Crippen molar-refractivity contribution in [3.63, 3.8) is 0 Å². The highest BCUT2D eigenvalue weighted by molar-refractivity contribution is 6.53. The highest BCUT2D eigenvalue weighted by Crippen LogP contribution is 2.24. The number of amides is 2. The minimum absolute atomic E-state index is 0.0401. The molecule has 0 saturated heterocycles. The summed E-state index contributed by atoms with van der Waals surface area (Å²) in [6, 6.07) is 10.7. The van der Waals surface area contributed by atoms with E-state index < -0.39 is 11.7 Å². The third-order valence-corrected chi connectivity index (χ3v) is 4.81. The normalized spacial score (nSPS) is 13.8.